The van der Waals surface area contributed by atoms with Gasteiger partial charge in [-0.3, -0.25) is 5.10 Å². The van der Waals surface area contributed by atoms with E-state index in [0.29, 0.717) is 15.9 Å². The number of rotatable bonds is 2. The molecule has 7 heteroatoms. The first kappa shape index (κ1) is 13.9. The molecule has 20 heavy (non-hydrogen) atoms. The lowest BCUT2D eigenvalue weighted by atomic mass is 10.0. The normalized spacial score (nSPS) is 10.9. The number of aromatic nitrogens is 2. The van der Waals surface area contributed by atoms with Crippen molar-refractivity contribution in [2.24, 2.45) is 0 Å². The van der Waals surface area contributed by atoms with Gasteiger partial charge in [0.2, 0.25) is 0 Å². The number of hydrogen-bond acceptors (Lipinski definition) is 3. The van der Waals surface area contributed by atoms with Crippen LogP contribution in [0.25, 0.3) is 21.7 Å². The highest BCUT2D eigenvalue weighted by molar-refractivity contribution is 9.11. The topological polar surface area (TPSA) is 54.7 Å². The zero-order valence-electron chi connectivity index (χ0n) is 9.95. The second-order valence-electron chi connectivity index (χ2n) is 4.09. The van der Waals surface area contributed by atoms with Crippen molar-refractivity contribution in [1.29, 1.82) is 0 Å². The molecule has 0 fully saturated rings. The summed E-state index contributed by atoms with van der Waals surface area (Å²) in [5, 5.41) is 8.07. The molecule has 3 nitrogen and oxygen atoms in total. The lowest BCUT2D eigenvalue weighted by molar-refractivity contribution is 1.11. The summed E-state index contributed by atoms with van der Waals surface area (Å²) in [5.74, 6) is 0.433. The Morgan fingerprint density at radius 1 is 1.15 bits per heavy atom. The summed E-state index contributed by atoms with van der Waals surface area (Å²) in [6.07, 6.45) is 0. The summed E-state index contributed by atoms with van der Waals surface area (Å²) in [6, 6.07) is 9.40. The first-order valence-electron chi connectivity index (χ1n) is 5.61. The number of aromatic amines is 1. The van der Waals surface area contributed by atoms with Crippen molar-refractivity contribution in [2.75, 3.05) is 5.73 Å². The molecule has 102 valence electrons. The van der Waals surface area contributed by atoms with Crippen LogP contribution in [0, 0.1) is 0 Å². The number of hydrogen-bond donors (Lipinski definition) is 2. The van der Waals surface area contributed by atoms with Gasteiger partial charge in [0.05, 0.1) is 30.0 Å². The number of nitrogens with zero attached hydrogens (tertiary/aromatic N) is 1. The summed E-state index contributed by atoms with van der Waals surface area (Å²) in [7, 11) is 0. The smallest absolute Gasteiger partial charge is 0.153 e. The zero-order valence-corrected chi connectivity index (χ0v) is 13.9. The summed E-state index contributed by atoms with van der Waals surface area (Å²) in [5.41, 5.74) is 8.56. The van der Waals surface area contributed by atoms with E-state index in [1.54, 1.807) is 23.5 Å². The molecule has 0 aliphatic heterocycles. The second kappa shape index (κ2) is 5.41. The van der Waals surface area contributed by atoms with Gasteiger partial charge in [0.15, 0.2) is 5.82 Å². The van der Waals surface area contributed by atoms with Crippen molar-refractivity contribution in [1.82, 2.24) is 10.2 Å². The van der Waals surface area contributed by atoms with E-state index in [9.17, 15) is 0 Å². The maximum atomic E-state index is 6.08. The molecule has 0 bridgehead atoms. The van der Waals surface area contributed by atoms with Gasteiger partial charge in [-0.05, 0) is 45.8 Å². The van der Waals surface area contributed by atoms with Gasteiger partial charge in [0.25, 0.3) is 0 Å². The maximum Gasteiger partial charge on any atom is 0.153 e. The van der Waals surface area contributed by atoms with Crippen molar-refractivity contribution < 1.29 is 0 Å². The Hall–Kier alpha value is -1.01. The van der Waals surface area contributed by atoms with Crippen LogP contribution < -0.4 is 5.73 Å². The number of benzene rings is 1. The number of nitrogens with two attached hydrogens (primary N) is 1. The van der Waals surface area contributed by atoms with E-state index in [-0.39, 0.29) is 0 Å². The third kappa shape index (κ3) is 2.46. The van der Waals surface area contributed by atoms with Crippen LogP contribution in [0.5, 0.6) is 0 Å². The molecular weight excluding hydrogens is 381 g/mol. The minimum atomic E-state index is 0.433. The van der Waals surface area contributed by atoms with Crippen molar-refractivity contribution in [3.05, 3.63) is 44.2 Å². The standard InChI is InChI=1S/C13H8BrCl2N3S/c14-10-4-3-9(20-10)12-11(13(17)19-18-12)6-1-2-7(15)8(16)5-6/h1-5H,(H3,17,18,19). The highest BCUT2D eigenvalue weighted by atomic mass is 79.9. The van der Waals surface area contributed by atoms with E-state index in [2.05, 4.69) is 26.1 Å². The summed E-state index contributed by atoms with van der Waals surface area (Å²) in [6.45, 7) is 0. The second-order valence-corrected chi connectivity index (χ2v) is 7.37. The van der Waals surface area contributed by atoms with Crippen molar-refractivity contribution in [3.63, 3.8) is 0 Å². The average molecular weight is 389 g/mol. The van der Waals surface area contributed by atoms with Gasteiger partial charge in [0, 0.05) is 0 Å². The SMILES string of the molecule is Nc1n[nH]c(-c2ccc(Br)s2)c1-c1ccc(Cl)c(Cl)c1. The van der Waals surface area contributed by atoms with Gasteiger partial charge in [-0.25, -0.2) is 0 Å². The molecule has 2 heterocycles. The third-order valence-corrected chi connectivity index (χ3v) is 5.20. The van der Waals surface area contributed by atoms with Crippen LogP contribution >= 0.6 is 50.5 Å². The molecule has 3 aromatic rings. The lowest BCUT2D eigenvalue weighted by Gasteiger charge is -2.04. The number of nitrogens with one attached hydrogen (secondary N) is 1. The third-order valence-electron chi connectivity index (χ3n) is 2.82. The van der Waals surface area contributed by atoms with E-state index in [1.165, 1.54) is 0 Å². The molecule has 0 amide bonds. The van der Waals surface area contributed by atoms with Crippen molar-refractivity contribution in [2.45, 2.75) is 0 Å². The molecule has 3 rings (SSSR count). The average Bonchev–Trinajstić information content (AvgIpc) is 2.99. The Labute approximate surface area is 137 Å². The molecule has 0 aliphatic rings. The van der Waals surface area contributed by atoms with Crippen LogP contribution in [0.3, 0.4) is 0 Å². The Balaban J connectivity index is 2.18. The van der Waals surface area contributed by atoms with Crippen LogP contribution in [0.4, 0.5) is 5.82 Å². The van der Waals surface area contributed by atoms with Crippen LogP contribution in [0.1, 0.15) is 0 Å². The molecular formula is C13H8BrCl2N3S. The number of halogens is 3. The van der Waals surface area contributed by atoms with Gasteiger partial charge in [-0.2, -0.15) is 5.10 Å². The fraction of sp³-hybridized carbons (Fsp3) is 0. The zero-order chi connectivity index (χ0) is 14.3. The fourth-order valence-corrected chi connectivity index (χ4v) is 3.61. The molecule has 0 unspecified atom stereocenters. The van der Waals surface area contributed by atoms with Crippen LogP contribution in [0.15, 0.2) is 34.1 Å². The van der Waals surface area contributed by atoms with E-state index in [1.807, 2.05) is 18.2 Å². The lowest BCUT2D eigenvalue weighted by Crippen LogP contribution is -1.88. The summed E-state index contributed by atoms with van der Waals surface area (Å²) >= 11 is 17.1. The number of thiophene rings is 1. The van der Waals surface area contributed by atoms with Crippen molar-refractivity contribution in [3.8, 4) is 21.7 Å². The quantitative estimate of drug-likeness (QED) is 0.612. The number of H-pyrrole nitrogens is 1. The molecule has 0 saturated carbocycles. The minimum absolute atomic E-state index is 0.433. The van der Waals surface area contributed by atoms with Gasteiger partial charge in [0.1, 0.15) is 0 Å². The Bertz CT molecular complexity index is 782. The summed E-state index contributed by atoms with van der Waals surface area (Å²) in [4.78, 5) is 1.04. The highest BCUT2D eigenvalue weighted by Crippen LogP contribution is 2.40. The van der Waals surface area contributed by atoms with E-state index in [0.717, 1.165) is 25.5 Å². The highest BCUT2D eigenvalue weighted by Gasteiger charge is 2.17. The van der Waals surface area contributed by atoms with Crippen LogP contribution in [0.2, 0.25) is 10.0 Å². The molecule has 1 aromatic carbocycles. The minimum Gasteiger partial charge on any atom is -0.382 e. The molecule has 0 atom stereocenters. The predicted molar refractivity (Wildman–Crippen MR) is 89.5 cm³/mol. The predicted octanol–water partition coefficient (Wildman–Crippen LogP) is 5.46. The van der Waals surface area contributed by atoms with E-state index >= 15 is 0 Å². The largest absolute Gasteiger partial charge is 0.382 e. The molecule has 0 radical (unpaired) electrons. The van der Waals surface area contributed by atoms with Crippen molar-refractivity contribution >= 4 is 56.3 Å². The molecule has 0 aliphatic carbocycles. The Morgan fingerprint density at radius 2 is 1.95 bits per heavy atom. The molecule has 2 aromatic heterocycles. The molecule has 0 saturated heterocycles. The summed E-state index contributed by atoms with van der Waals surface area (Å²) < 4.78 is 1.04. The Kier molecular flexibility index (Phi) is 3.77. The maximum absolute atomic E-state index is 6.08. The van der Waals surface area contributed by atoms with Crippen LogP contribution in [-0.4, -0.2) is 10.2 Å². The first-order chi connectivity index (χ1) is 9.56. The van der Waals surface area contributed by atoms with Gasteiger partial charge >= 0.3 is 0 Å². The van der Waals surface area contributed by atoms with E-state index in [4.69, 9.17) is 28.9 Å². The molecule has 3 N–H and O–H groups in total. The van der Waals surface area contributed by atoms with Gasteiger partial charge in [-0.1, -0.05) is 29.3 Å². The monoisotopic (exact) mass is 387 g/mol. The van der Waals surface area contributed by atoms with Gasteiger partial charge < -0.3 is 5.73 Å². The molecule has 0 spiro atoms. The Morgan fingerprint density at radius 3 is 2.60 bits per heavy atom. The van der Waals surface area contributed by atoms with Gasteiger partial charge in [-0.15, -0.1) is 11.3 Å². The first-order valence-corrected chi connectivity index (χ1v) is 7.98. The van der Waals surface area contributed by atoms with Crippen LogP contribution in [-0.2, 0) is 0 Å². The fourth-order valence-electron chi connectivity index (χ4n) is 1.93. The number of nitrogen functional groups attached to an aromatic ring is 1. The van der Waals surface area contributed by atoms with E-state index < -0.39 is 0 Å². The number of anilines is 1.